The number of hydrogen-bond donors (Lipinski definition) is 1. The number of nitrogens with zero attached hydrogens (tertiary/aromatic N) is 1. The fourth-order valence-electron chi connectivity index (χ4n) is 7.46. The number of nitrogens with one attached hydrogen (secondary N) is 1. The van der Waals surface area contributed by atoms with E-state index in [0.717, 1.165) is 40.8 Å². The maximum atomic E-state index is 14.9. The summed E-state index contributed by atoms with van der Waals surface area (Å²) in [6.07, 6.45) is 4.02. The number of benzene rings is 4. The molecule has 0 aromatic heterocycles. The number of anilines is 2. The minimum Gasteiger partial charge on any atom is -0.352 e. The van der Waals surface area contributed by atoms with Gasteiger partial charge in [0.1, 0.15) is 11.5 Å². The van der Waals surface area contributed by atoms with Gasteiger partial charge in [-0.3, -0.25) is 14.4 Å². The standard InChI is InChI=1S/C37H32N2O3/c1-3-11-24-18-20-26(21-19-24)34(40)32-33(35(41)25-12-5-4-6-13-25)39-30-17-10-7-14-27(30)23(2)22-31(39)37(32)28-15-8-9-16-29(28)38-36(37)42/h4-10,12-22,31-33H,3,11H2,1-2H3,(H,38,42). The molecule has 0 saturated carbocycles. The second-order valence-corrected chi connectivity index (χ2v) is 11.6. The molecule has 5 heteroatoms. The molecule has 1 fully saturated rings. The van der Waals surface area contributed by atoms with Crippen molar-refractivity contribution in [3.63, 3.8) is 0 Å². The summed E-state index contributed by atoms with van der Waals surface area (Å²) in [4.78, 5) is 46.2. The zero-order valence-corrected chi connectivity index (χ0v) is 23.7. The van der Waals surface area contributed by atoms with E-state index < -0.39 is 23.4 Å². The summed E-state index contributed by atoms with van der Waals surface area (Å²) in [5.41, 5.74) is 5.21. The normalized spacial score (nSPS) is 23.6. The smallest absolute Gasteiger partial charge is 0.238 e. The topological polar surface area (TPSA) is 66.5 Å². The number of Topliss-reactive ketones (excluding diaryl/α,β-unsaturated/α-hetero) is 2. The monoisotopic (exact) mass is 552 g/mol. The summed E-state index contributed by atoms with van der Waals surface area (Å²) in [7, 11) is 0. The van der Waals surface area contributed by atoms with Crippen LogP contribution in [0.1, 0.15) is 57.7 Å². The Kier molecular flexibility index (Phi) is 6.19. The first-order valence-electron chi connectivity index (χ1n) is 14.7. The molecule has 3 aliphatic rings. The SMILES string of the molecule is CCCc1ccc(C(=O)C2C(C(=O)c3ccccc3)N3c4ccccc4C(C)=CC3C23C(=O)Nc2ccccc23)cc1. The Morgan fingerprint density at radius 2 is 1.48 bits per heavy atom. The first-order valence-corrected chi connectivity index (χ1v) is 14.7. The lowest BCUT2D eigenvalue weighted by atomic mass is 9.64. The first-order chi connectivity index (χ1) is 20.5. The lowest BCUT2D eigenvalue weighted by molar-refractivity contribution is -0.121. The molecule has 0 radical (unpaired) electrons. The van der Waals surface area contributed by atoms with Gasteiger partial charge < -0.3 is 10.2 Å². The molecule has 0 bridgehead atoms. The Morgan fingerprint density at radius 3 is 2.24 bits per heavy atom. The van der Waals surface area contributed by atoms with Crippen molar-refractivity contribution < 1.29 is 14.4 Å². The van der Waals surface area contributed by atoms with Gasteiger partial charge in [0.05, 0.1) is 12.0 Å². The Bertz CT molecular complexity index is 1760. The van der Waals surface area contributed by atoms with Crippen molar-refractivity contribution in [2.45, 2.75) is 44.2 Å². The van der Waals surface area contributed by atoms with E-state index in [-0.39, 0.29) is 17.5 Å². The van der Waals surface area contributed by atoms with Crippen LogP contribution in [0.5, 0.6) is 0 Å². The average molecular weight is 553 g/mol. The van der Waals surface area contributed by atoms with Crippen molar-refractivity contribution in [3.8, 4) is 0 Å². The number of hydrogen-bond acceptors (Lipinski definition) is 4. The summed E-state index contributed by atoms with van der Waals surface area (Å²) >= 11 is 0. The summed E-state index contributed by atoms with van der Waals surface area (Å²) in [5, 5.41) is 3.11. The van der Waals surface area contributed by atoms with E-state index >= 15 is 0 Å². The quantitative estimate of drug-likeness (QED) is 0.265. The highest BCUT2D eigenvalue weighted by Crippen LogP contribution is 2.58. The van der Waals surface area contributed by atoms with Gasteiger partial charge in [0, 0.05) is 28.1 Å². The Labute approximate surface area is 245 Å². The molecular formula is C37H32N2O3. The summed E-state index contributed by atoms with van der Waals surface area (Å²) in [6.45, 7) is 4.17. The molecular weight excluding hydrogens is 520 g/mol. The van der Waals surface area contributed by atoms with Crippen LogP contribution in [-0.4, -0.2) is 29.6 Å². The van der Waals surface area contributed by atoms with Crippen LogP contribution in [0, 0.1) is 5.92 Å². The summed E-state index contributed by atoms with van der Waals surface area (Å²) < 4.78 is 0. The third kappa shape index (κ3) is 3.66. The maximum Gasteiger partial charge on any atom is 0.238 e. The minimum absolute atomic E-state index is 0.168. The highest BCUT2D eigenvalue weighted by atomic mass is 16.2. The number of carbonyl (C=O) groups excluding carboxylic acids is 3. The fourth-order valence-corrected chi connectivity index (χ4v) is 7.46. The molecule has 1 saturated heterocycles. The van der Waals surface area contributed by atoms with Crippen molar-refractivity contribution in [2.75, 3.05) is 10.2 Å². The number of ketones is 2. The van der Waals surface area contributed by atoms with Crippen LogP contribution in [0.15, 0.2) is 109 Å². The third-order valence-electron chi connectivity index (χ3n) is 9.27. The molecule has 1 spiro atoms. The molecule has 1 amide bonds. The molecule has 208 valence electrons. The molecule has 4 unspecified atom stereocenters. The van der Waals surface area contributed by atoms with Crippen LogP contribution in [0.2, 0.25) is 0 Å². The van der Waals surface area contributed by atoms with Crippen LogP contribution in [0.3, 0.4) is 0 Å². The van der Waals surface area contributed by atoms with Crippen molar-refractivity contribution in [1.29, 1.82) is 0 Å². The fraction of sp³-hybridized carbons (Fsp3) is 0.216. The van der Waals surface area contributed by atoms with Crippen LogP contribution in [0.25, 0.3) is 5.57 Å². The number of fused-ring (bicyclic) bond motifs is 6. The Morgan fingerprint density at radius 1 is 0.810 bits per heavy atom. The van der Waals surface area contributed by atoms with Gasteiger partial charge in [-0.05, 0) is 42.2 Å². The number of aryl methyl sites for hydroxylation is 1. The van der Waals surface area contributed by atoms with Crippen molar-refractivity contribution in [1.82, 2.24) is 0 Å². The van der Waals surface area contributed by atoms with E-state index in [2.05, 4.69) is 23.2 Å². The number of allylic oxidation sites excluding steroid dienone is 1. The van der Waals surface area contributed by atoms with Crippen molar-refractivity contribution in [3.05, 3.63) is 137 Å². The van der Waals surface area contributed by atoms with Crippen LogP contribution in [0.4, 0.5) is 11.4 Å². The van der Waals surface area contributed by atoms with E-state index in [1.165, 1.54) is 0 Å². The Balaban J connectivity index is 1.52. The molecule has 7 rings (SSSR count). The van der Waals surface area contributed by atoms with Gasteiger partial charge in [-0.25, -0.2) is 0 Å². The van der Waals surface area contributed by atoms with Crippen molar-refractivity contribution >= 4 is 34.4 Å². The molecule has 4 aromatic carbocycles. The lowest BCUT2D eigenvalue weighted by Gasteiger charge is -2.39. The first kappa shape index (κ1) is 26.1. The molecule has 42 heavy (non-hydrogen) atoms. The predicted molar refractivity (Wildman–Crippen MR) is 166 cm³/mol. The lowest BCUT2D eigenvalue weighted by Crippen LogP contribution is -2.51. The summed E-state index contributed by atoms with van der Waals surface area (Å²) in [6, 6.07) is 31.0. The zero-order chi connectivity index (χ0) is 29.0. The van der Waals surface area contributed by atoms with Crippen molar-refractivity contribution in [2.24, 2.45) is 5.92 Å². The van der Waals surface area contributed by atoms with Crippen LogP contribution >= 0.6 is 0 Å². The molecule has 0 aliphatic carbocycles. The third-order valence-corrected chi connectivity index (χ3v) is 9.27. The number of carbonyl (C=O) groups is 3. The molecule has 3 aliphatic heterocycles. The van der Waals surface area contributed by atoms with Gasteiger partial charge in [-0.15, -0.1) is 0 Å². The minimum atomic E-state index is -1.31. The number of rotatable bonds is 6. The molecule has 4 aromatic rings. The van der Waals surface area contributed by atoms with E-state index in [1.807, 2.05) is 97.9 Å². The zero-order valence-electron chi connectivity index (χ0n) is 23.7. The number of amides is 1. The second-order valence-electron chi connectivity index (χ2n) is 11.6. The summed E-state index contributed by atoms with van der Waals surface area (Å²) in [5.74, 6) is -1.58. The van der Waals surface area contributed by atoms with Gasteiger partial charge in [-0.1, -0.05) is 110 Å². The number of para-hydroxylation sites is 2. The van der Waals surface area contributed by atoms with Gasteiger partial charge in [-0.2, -0.15) is 0 Å². The molecule has 3 heterocycles. The van der Waals surface area contributed by atoms with Gasteiger partial charge >= 0.3 is 0 Å². The van der Waals surface area contributed by atoms with E-state index in [4.69, 9.17) is 0 Å². The van der Waals surface area contributed by atoms with Crippen LogP contribution < -0.4 is 10.2 Å². The van der Waals surface area contributed by atoms with Gasteiger partial charge in [0.2, 0.25) is 5.91 Å². The van der Waals surface area contributed by atoms with E-state index in [1.54, 1.807) is 12.1 Å². The molecule has 1 N–H and O–H groups in total. The highest BCUT2D eigenvalue weighted by molar-refractivity contribution is 6.18. The molecule has 4 atom stereocenters. The second kappa shape index (κ2) is 9.95. The van der Waals surface area contributed by atoms with E-state index in [0.29, 0.717) is 16.8 Å². The molecule has 5 nitrogen and oxygen atoms in total. The highest BCUT2D eigenvalue weighted by Gasteiger charge is 2.70. The average Bonchev–Trinajstić information content (AvgIpc) is 3.49. The Hall–Kier alpha value is -4.77. The largest absolute Gasteiger partial charge is 0.352 e. The predicted octanol–water partition coefficient (Wildman–Crippen LogP) is 6.89. The van der Waals surface area contributed by atoms with Crippen LogP contribution in [-0.2, 0) is 16.6 Å². The van der Waals surface area contributed by atoms with E-state index in [9.17, 15) is 14.4 Å². The maximum absolute atomic E-state index is 14.9. The van der Waals surface area contributed by atoms with Gasteiger partial charge in [0.15, 0.2) is 11.6 Å². The van der Waals surface area contributed by atoms with Gasteiger partial charge in [0.25, 0.3) is 0 Å².